The molecule has 0 aromatic carbocycles. The minimum absolute atomic E-state index is 0.303. The lowest BCUT2D eigenvalue weighted by atomic mass is 10.3. The zero-order valence-corrected chi connectivity index (χ0v) is 10.9. The Hall–Kier alpha value is -2.29. The van der Waals surface area contributed by atoms with Crippen LogP contribution in [0.4, 0.5) is 4.79 Å². The third kappa shape index (κ3) is 7.06. The average Bonchev–Trinajstić information content (AvgIpc) is 2.35. The molecule has 0 unspecified atom stereocenters. The van der Waals surface area contributed by atoms with Crippen LogP contribution in [0.3, 0.4) is 0 Å². The lowest BCUT2D eigenvalue weighted by Gasteiger charge is -2.08. The van der Waals surface area contributed by atoms with Crippen molar-refractivity contribution >= 4 is 6.03 Å². The van der Waals surface area contributed by atoms with E-state index in [2.05, 4.69) is 23.8 Å². The summed E-state index contributed by atoms with van der Waals surface area (Å²) in [4.78, 5) is 11.7. The predicted molar refractivity (Wildman–Crippen MR) is 77.9 cm³/mol. The maximum atomic E-state index is 11.7. The number of rotatable bonds is 6. The zero-order valence-electron chi connectivity index (χ0n) is 10.9. The van der Waals surface area contributed by atoms with E-state index in [1.807, 2.05) is 19.9 Å². The first-order chi connectivity index (χ1) is 8.67. The molecule has 0 radical (unpaired) electrons. The third-order valence-corrected chi connectivity index (χ3v) is 1.88. The first kappa shape index (κ1) is 15.7. The van der Waals surface area contributed by atoms with Crippen LogP contribution < -0.4 is 10.6 Å². The van der Waals surface area contributed by atoms with Crippen molar-refractivity contribution in [1.82, 2.24) is 10.6 Å². The van der Waals surface area contributed by atoms with Gasteiger partial charge in [-0.2, -0.15) is 0 Å². The fraction of sp³-hybridized carbons (Fsp3) is 0.133. The summed E-state index contributed by atoms with van der Waals surface area (Å²) in [6.07, 6.45) is 13.9. The number of nitrogens with one attached hydrogen (secondary N) is 2. The summed E-state index contributed by atoms with van der Waals surface area (Å²) in [5, 5.41) is 5.43. The van der Waals surface area contributed by atoms with Crippen molar-refractivity contribution in [3.05, 3.63) is 73.2 Å². The normalized spacial score (nSPS) is 12.8. The topological polar surface area (TPSA) is 41.1 Å². The van der Waals surface area contributed by atoms with Crippen molar-refractivity contribution in [1.29, 1.82) is 0 Å². The maximum Gasteiger partial charge on any atom is 0.323 e. The van der Waals surface area contributed by atoms with Gasteiger partial charge in [-0.25, -0.2) is 4.79 Å². The van der Waals surface area contributed by atoms with Gasteiger partial charge in [0, 0.05) is 11.4 Å². The molecule has 0 rings (SSSR count). The molecule has 0 aromatic rings. The van der Waals surface area contributed by atoms with Gasteiger partial charge in [-0.15, -0.1) is 0 Å². The highest BCUT2D eigenvalue weighted by Gasteiger charge is 2.01. The van der Waals surface area contributed by atoms with E-state index >= 15 is 0 Å². The second kappa shape index (κ2) is 9.90. The van der Waals surface area contributed by atoms with E-state index in [0.717, 1.165) is 0 Å². The Bertz CT molecular complexity index is 412. The van der Waals surface area contributed by atoms with Crippen LogP contribution in [0.5, 0.6) is 0 Å². The molecule has 0 fully saturated rings. The van der Waals surface area contributed by atoms with Gasteiger partial charge >= 0.3 is 6.03 Å². The van der Waals surface area contributed by atoms with Gasteiger partial charge in [0.25, 0.3) is 0 Å². The highest BCUT2D eigenvalue weighted by Crippen LogP contribution is 1.95. The maximum absolute atomic E-state index is 11.7. The molecule has 0 aromatic heterocycles. The van der Waals surface area contributed by atoms with E-state index in [9.17, 15) is 4.79 Å². The Balaban J connectivity index is 4.58. The summed E-state index contributed by atoms with van der Waals surface area (Å²) in [6, 6.07) is -0.303. The highest BCUT2D eigenvalue weighted by atomic mass is 16.2. The van der Waals surface area contributed by atoms with Crippen LogP contribution >= 0.6 is 0 Å². The molecule has 0 aliphatic heterocycles. The van der Waals surface area contributed by atoms with Crippen molar-refractivity contribution in [3.63, 3.8) is 0 Å². The Morgan fingerprint density at radius 1 is 1.00 bits per heavy atom. The van der Waals surface area contributed by atoms with Crippen molar-refractivity contribution in [2.45, 2.75) is 13.8 Å². The summed E-state index contributed by atoms with van der Waals surface area (Å²) in [5.74, 6) is 0. The van der Waals surface area contributed by atoms with Gasteiger partial charge in [-0.1, -0.05) is 43.5 Å². The van der Waals surface area contributed by atoms with Crippen LogP contribution in [-0.2, 0) is 0 Å². The van der Waals surface area contributed by atoms with Crippen LogP contribution in [-0.4, -0.2) is 6.03 Å². The number of allylic oxidation sites excluding steroid dienone is 8. The molecule has 0 aliphatic carbocycles. The van der Waals surface area contributed by atoms with E-state index in [1.165, 1.54) is 0 Å². The summed E-state index contributed by atoms with van der Waals surface area (Å²) in [6.45, 7) is 10.9. The molecule has 3 nitrogen and oxygen atoms in total. The van der Waals surface area contributed by atoms with E-state index in [0.29, 0.717) is 11.4 Å². The van der Waals surface area contributed by atoms with Gasteiger partial charge in [0.05, 0.1) is 0 Å². The molecule has 0 bridgehead atoms. The molecule has 18 heavy (non-hydrogen) atoms. The molecular weight excluding hydrogens is 224 g/mol. The number of carbonyl (C=O) groups excluding carboxylic acids is 1. The summed E-state index contributed by atoms with van der Waals surface area (Å²) >= 11 is 0. The van der Waals surface area contributed by atoms with Crippen molar-refractivity contribution in [2.75, 3.05) is 0 Å². The fourth-order valence-electron chi connectivity index (χ4n) is 1.12. The number of hydrogen-bond acceptors (Lipinski definition) is 1. The minimum Gasteiger partial charge on any atom is -0.308 e. The number of hydrogen-bond donors (Lipinski definition) is 2. The van der Waals surface area contributed by atoms with Crippen molar-refractivity contribution in [2.24, 2.45) is 0 Å². The first-order valence-corrected chi connectivity index (χ1v) is 5.66. The molecule has 96 valence electrons. The van der Waals surface area contributed by atoms with Crippen LogP contribution in [0.1, 0.15) is 13.8 Å². The van der Waals surface area contributed by atoms with Gasteiger partial charge in [-0.3, -0.25) is 0 Å². The lowest BCUT2D eigenvalue weighted by molar-refractivity contribution is 0.246. The number of urea groups is 1. The Morgan fingerprint density at radius 3 is 2.17 bits per heavy atom. The predicted octanol–water partition coefficient (Wildman–Crippen LogP) is 3.58. The molecular formula is C15H20N2O. The van der Waals surface area contributed by atoms with E-state index in [1.54, 1.807) is 42.5 Å². The van der Waals surface area contributed by atoms with Crippen LogP contribution in [0, 0.1) is 0 Å². The molecule has 2 amide bonds. The monoisotopic (exact) mass is 244 g/mol. The minimum atomic E-state index is -0.303. The largest absolute Gasteiger partial charge is 0.323 e. The molecule has 3 heteroatoms. The Morgan fingerprint density at radius 2 is 1.67 bits per heavy atom. The lowest BCUT2D eigenvalue weighted by Crippen LogP contribution is -2.33. The number of amides is 2. The zero-order chi connectivity index (χ0) is 13.8. The first-order valence-electron chi connectivity index (χ1n) is 5.66. The molecule has 0 aliphatic rings. The number of carbonyl (C=O) groups is 1. The molecule has 0 saturated heterocycles. The molecule has 0 atom stereocenters. The SMILES string of the molecule is C=C/C=C\C(=C/C)NC(=O)NC(/C=C\C)=C/C=C. The van der Waals surface area contributed by atoms with Crippen molar-refractivity contribution in [3.8, 4) is 0 Å². The fourth-order valence-corrected chi connectivity index (χ4v) is 1.12. The van der Waals surface area contributed by atoms with Gasteiger partial charge < -0.3 is 10.6 Å². The Kier molecular flexibility index (Phi) is 8.64. The Labute approximate surface area is 109 Å². The second-order valence-corrected chi connectivity index (χ2v) is 3.28. The van der Waals surface area contributed by atoms with Gasteiger partial charge in [-0.05, 0) is 32.1 Å². The van der Waals surface area contributed by atoms with Gasteiger partial charge in [0.1, 0.15) is 0 Å². The van der Waals surface area contributed by atoms with Gasteiger partial charge in [0.2, 0.25) is 0 Å². The van der Waals surface area contributed by atoms with E-state index in [-0.39, 0.29) is 6.03 Å². The highest BCUT2D eigenvalue weighted by molar-refractivity contribution is 5.78. The van der Waals surface area contributed by atoms with E-state index < -0.39 is 0 Å². The smallest absolute Gasteiger partial charge is 0.308 e. The molecule has 0 spiro atoms. The summed E-state index contributed by atoms with van der Waals surface area (Å²) in [7, 11) is 0. The van der Waals surface area contributed by atoms with Crippen LogP contribution in [0.15, 0.2) is 73.2 Å². The molecule has 0 heterocycles. The van der Waals surface area contributed by atoms with E-state index in [4.69, 9.17) is 0 Å². The molecule has 2 N–H and O–H groups in total. The van der Waals surface area contributed by atoms with Crippen LogP contribution in [0.25, 0.3) is 0 Å². The quantitative estimate of drug-likeness (QED) is 0.689. The average molecular weight is 244 g/mol. The second-order valence-electron chi connectivity index (χ2n) is 3.28. The van der Waals surface area contributed by atoms with Crippen molar-refractivity contribution < 1.29 is 4.79 Å². The van der Waals surface area contributed by atoms with Crippen LogP contribution in [0.2, 0.25) is 0 Å². The molecule has 0 saturated carbocycles. The summed E-state index contributed by atoms with van der Waals surface area (Å²) in [5.41, 5.74) is 1.37. The third-order valence-electron chi connectivity index (χ3n) is 1.88. The summed E-state index contributed by atoms with van der Waals surface area (Å²) < 4.78 is 0. The standard InChI is InChI=1S/C15H20N2O/c1-5-9-12-13(8-4)16-15(18)17-14(10-6-2)11-7-3/h5-12H,1-2H2,3-4H3,(H2,16,17,18)/b11-7-,12-9-,13-8+,14-10+. The van der Waals surface area contributed by atoms with Gasteiger partial charge in [0.15, 0.2) is 0 Å².